The number of rotatable bonds is 5. The number of nitrogens with zero attached hydrogens (tertiary/aromatic N) is 4. The number of amides is 1. The van der Waals surface area contributed by atoms with Gasteiger partial charge in [-0.05, 0) is 42.0 Å². The second kappa shape index (κ2) is 9.97. The molecule has 4 rings (SSSR count). The van der Waals surface area contributed by atoms with Crippen LogP contribution in [0.3, 0.4) is 0 Å². The molecule has 0 atom stereocenters. The van der Waals surface area contributed by atoms with Crippen molar-refractivity contribution in [3.63, 3.8) is 0 Å². The average Bonchev–Trinajstić information content (AvgIpc) is 2.84. The molecular weight excluding hydrogens is 461 g/mol. The average molecular weight is 488 g/mol. The molecule has 0 radical (unpaired) electrons. The quantitative estimate of drug-likeness (QED) is 0.670. The van der Waals surface area contributed by atoms with Crippen molar-refractivity contribution in [2.24, 2.45) is 5.14 Å². The number of ether oxygens (including phenoxy) is 1. The summed E-state index contributed by atoms with van der Waals surface area (Å²) in [5.74, 6) is -0.602. The van der Waals surface area contributed by atoms with Crippen LogP contribution in [0.2, 0.25) is 0 Å². The number of halogens is 1. The van der Waals surface area contributed by atoms with Crippen molar-refractivity contribution in [3.8, 4) is 6.07 Å². The molecule has 0 saturated carbocycles. The summed E-state index contributed by atoms with van der Waals surface area (Å²) in [5.41, 5.74) is 2.05. The Hall–Kier alpha value is -3.20. The van der Waals surface area contributed by atoms with Crippen LogP contribution in [0.15, 0.2) is 41.3 Å². The number of morpholine rings is 1. The van der Waals surface area contributed by atoms with Gasteiger partial charge in [-0.3, -0.25) is 4.79 Å². The van der Waals surface area contributed by atoms with E-state index in [4.69, 9.17) is 15.1 Å². The standard InChI is InChI=1S/C23H26FN5O4S/c24-20-13-17(16-25)1-3-22(20)27-5-7-29(8-6-27)23(30)15-18-14-19(34(26,31)32)2-4-21(18)28-9-11-33-12-10-28/h1-4,13-14H,5-12,15H2,(H2,26,31,32). The van der Waals surface area contributed by atoms with E-state index in [0.717, 1.165) is 5.69 Å². The maximum Gasteiger partial charge on any atom is 0.238 e. The monoisotopic (exact) mass is 487 g/mol. The fraction of sp³-hybridized carbons (Fsp3) is 0.391. The second-order valence-electron chi connectivity index (χ2n) is 8.26. The highest BCUT2D eigenvalue weighted by Crippen LogP contribution is 2.27. The van der Waals surface area contributed by atoms with Crippen LogP contribution in [0.25, 0.3) is 0 Å². The smallest absolute Gasteiger partial charge is 0.238 e. The first-order valence-electron chi connectivity index (χ1n) is 11.0. The molecule has 2 aromatic carbocycles. The number of carbonyl (C=O) groups excluding carboxylic acids is 1. The molecular formula is C23H26FN5O4S. The van der Waals surface area contributed by atoms with E-state index in [1.54, 1.807) is 23.1 Å². The summed E-state index contributed by atoms with van der Waals surface area (Å²) in [6.45, 7) is 4.09. The largest absolute Gasteiger partial charge is 0.378 e. The maximum absolute atomic E-state index is 14.4. The van der Waals surface area contributed by atoms with Crippen molar-refractivity contribution in [2.45, 2.75) is 11.3 Å². The highest BCUT2D eigenvalue weighted by Gasteiger charge is 2.25. The van der Waals surface area contributed by atoms with Gasteiger partial charge in [0.1, 0.15) is 5.82 Å². The lowest BCUT2D eigenvalue weighted by Crippen LogP contribution is -2.49. The van der Waals surface area contributed by atoms with Crippen molar-refractivity contribution in [1.82, 2.24) is 4.90 Å². The molecule has 1 amide bonds. The van der Waals surface area contributed by atoms with Gasteiger partial charge in [-0.2, -0.15) is 5.26 Å². The van der Waals surface area contributed by atoms with Crippen LogP contribution in [-0.4, -0.2) is 71.7 Å². The molecule has 2 N–H and O–H groups in total. The fourth-order valence-electron chi connectivity index (χ4n) is 4.30. The molecule has 0 aliphatic carbocycles. The molecule has 2 aliphatic heterocycles. The number of carbonyl (C=O) groups is 1. The summed E-state index contributed by atoms with van der Waals surface area (Å²) >= 11 is 0. The molecule has 0 unspecified atom stereocenters. The van der Waals surface area contributed by atoms with Crippen LogP contribution >= 0.6 is 0 Å². The number of nitriles is 1. The predicted octanol–water partition coefficient (Wildman–Crippen LogP) is 1.07. The van der Waals surface area contributed by atoms with Gasteiger partial charge in [0.15, 0.2) is 0 Å². The van der Waals surface area contributed by atoms with Gasteiger partial charge in [-0.25, -0.2) is 17.9 Å². The zero-order valence-corrected chi connectivity index (χ0v) is 19.4. The molecule has 0 spiro atoms. The minimum atomic E-state index is -3.91. The number of hydrogen-bond acceptors (Lipinski definition) is 7. The Balaban J connectivity index is 1.48. The lowest BCUT2D eigenvalue weighted by atomic mass is 10.1. The van der Waals surface area contributed by atoms with Crippen LogP contribution in [0, 0.1) is 17.1 Å². The Morgan fingerprint density at radius 3 is 2.26 bits per heavy atom. The van der Waals surface area contributed by atoms with Crippen molar-refractivity contribution in [3.05, 3.63) is 53.3 Å². The van der Waals surface area contributed by atoms with Crippen LogP contribution in [-0.2, 0) is 26.0 Å². The van der Waals surface area contributed by atoms with E-state index in [1.165, 1.54) is 18.2 Å². The zero-order valence-electron chi connectivity index (χ0n) is 18.6. The van der Waals surface area contributed by atoms with Crippen LogP contribution in [0.1, 0.15) is 11.1 Å². The van der Waals surface area contributed by atoms with E-state index in [1.807, 2.05) is 11.0 Å². The second-order valence-corrected chi connectivity index (χ2v) is 9.82. The van der Waals surface area contributed by atoms with Crippen LogP contribution in [0.5, 0.6) is 0 Å². The third-order valence-electron chi connectivity index (χ3n) is 6.12. The summed E-state index contributed by atoms with van der Waals surface area (Å²) in [6, 6.07) is 10.9. The molecule has 2 saturated heterocycles. The molecule has 9 nitrogen and oxygen atoms in total. The molecule has 0 aromatic heterocycles. The van der Waals surface area contributed by atoms with Gasteiger partial charge in [0.25, 0.3) is 0 Å². The van der Waals surface area contributed by atoms with Crippen molar-refractivity contribution < 1.29 is 22.3 Å². The van der Waals surface area contributed by atoms with Gasteiger partial charge in [0.05, 0.1) is 41.9 Å². The van der Waals surface area contributed by atoms with E-state index < -0.39 is 15.8 Å². The summed E-state index contributed by atoms with van der Waals surface area (Å²) < 4.78 is 43.6. The number of anilines is 2. The van der Waals surface area contributed by atoms with Gasteiger partial charge >= 0.3 is 0 Å². The van der Waals surface area contributed by atoms with E-state index in [2.05, 4.69) is 4.90 Å². The number of piperazine rings is 1. The fourth-order valence-corrected chi connectivity index (χ4v) is 4.86. The van der Waals surface area contributed by atoms with Crippen molar-refractivity contribution >= 4 is 27.3 Å². The van der Waals surface area contributed by atoms with Crippen LogP contribution in [0.4, 0.5) is 15.8 Å². The Morgan fingerprint density at radius 2 is 1.65 bits per heavy atom. The number of benzene rings is 2. The lowest BCUT2D eigenvalue weighted by molar-refractivity contribution is -0.130. The summed E-state index contributed by atoms with van der Waals surface area (Å²) in [6.07, 6.45) is 0.0290. The van der Waals surface area contributed by atoms with Crippen molar-refractivity contribution in [1.29, 1.82) is 5.26 Å². The first-order chi connectivity index (χ1) is 16.3. The highest BCUT2D eigenvalue weighted by atomic mass is 32.2. The number of nitrogens with two attached hydrogens (primary N) is 1. The van der Waals surface area contributed by atoms with E-state index in [0.29, 0.717) is 63.7 Å². The molecule has 2 heterocycles. The third-order valence-corrected chi connectivity index (χ3v) is 7.03. The Kier molecular flexibility index (Phi) is 7.02. The maximum atomic E-state index is 14.4. The van der Waals surface area contributed by atoms with Crippen LogP contribution < -0.4 is 14.9 Å². The number of sulfonamides is 1. The van der Waals surface area contributed by atoms with E-state index in [9.17, 15) is 17.6 Å². The lowest BCUT2D eigenvalue weighted by Gasteiger charge is -2.36. The third kappa shape index (κ3) is 5.30. The summed E-state index contributed by atoms with van der Waals surface area (Å²) in [5, 5.41) is 14.2. The normalized spacial score (nSPS) is 16.9. The zero-order chi connectivity index (χ0) is 24.3. The Morgan fingerprint density at radius 1 is 1.00 bits per heavy atom. The van der Waals surface area contributed by atoms with E-state index >= 15 is 0 Å². The molecule has 180 valence electrons. The Labute approximate surface area is 198 Å². The topological polar surface area (TPSA) is 120 Å². The van der Waals surface area contributed by atoms with Gasteiger partial charge in [0.2, 0.25) is 15.9 Å². The van der Waals surface area contributed by atoms with Crippen molar-refractivity contribution in [2.75, 3.05) is 62.3 Å². The molecule has 2 fully saturated rings. The molecule has 2 aliphatic rings. The molecule has 34 heavy (non-hydrogen) atoms. The Bertz CT molecular complexity index is 1220. The highest BCUT2D eigenvalue weighted by molar-refractivity contribution is 7.89. The predicted molar refractivity (Wildman–Crippen MR) is 124 cm³/mol. The minimum absolute atomic E-state index is 0.0290. The first-order valence-corrected chi connectivity index (χ1v) is 12.5. The van der Waals surface area contributed by atoms with Gasteiger partial charge in [-0.1, -0.05) is 0 Å². The van der Waals surface area contributed by atoms with Gasteiger partial charge < -0.3 is 19.4 Å². The number of hydrogen-bond donors (Lipinski definition) is 1. The first kappa shape index (κ1) is 23.9. The molecule has 2 aromatic rings. The SMILES string of the molecule is N#Cc1ccc(N2CCN(C(=O)Cc3cc(S(N)(=O)=O)ccc3N3CCOCC3)CC2)c(F)c1. The number of primary sulfonamides is 1. The summed E-state index contributed by atoms with van der Waals surface area (Å²) in [7, 11) is -3.91. The van der Waals surface area contributed by atoms with Gasteiger partial charge in [-0.15, -0.1) is 0 Å². The van der Waals surface area contributed by atoms with Gasteiger partial charge in [0, 0.05) is 45.0 Å². The minimum Gasteiger partial charge on any atom is -0.378 e. The summed E-state index contributed by atoms with van der Waals surface area (Å²) in [4.78, 5) is 18.7. The molecule has 0 bridgehead atoms. The molecule has 11 heteroatoms. The van der Waals surface area contributed by atoms with E-state index in [-0.39, 0.29) is 22.8 Å².